The van der Waals surface area contributed by atoms with E-state index in [2.05, 4.69) is 4.98 Å². The third kappa shape index (κ3) is 4.03. The Labute approximate surface area is 152 Å². The molecule has 0 saturated carbocycles. The standard InChI is InChI=1S/C20H20N2O4/c1-20(22-13-12-21-15-22,14-25-18-6-4-3-5-7-18)26-19(23)16-8-10-17(24-2)11-9-16/h3-13,15H,14H2,1-2H3/t20-/m1/s1. The van der Waals surface area contributed by atoms with E-state index in [1.807, 2.05) is 30.3 Å². The number of hydrogen-bond acceptors (Lipinski definition) is 5. The second-order valence-corrected chi connectivity index (χ2v) is 5.86. The van der Waals surface area contributed by atoms with Crippen molar-refractivity contribution in [1.29, 1.82) is 0 Å². The first-order valence-electron chi connectivity index (χ1n) is 8.14. The van der Waals surface area contributed by atoms with Crippen LogP contribution in [0.5, 0.6) is 11.5 Å². The molecule has 0 N–H and O–H groups in total. The fourth-order valence-electron chi connectivity index (χ4n) is 2.42. The number of imidazole rings is 1. The monoisotopic (exact) mass is 352 g/mol. The highest BCUT2D eigenvalue weighted by Gasteiger charge is 2.32. The quantitative estimate of drug-likeness (QED) is 0.609. The number of carbonyl (C=O) groups excluding carboxylic acids is 1. The lowest BCUT2D eigenvalue weighted by atomic mass is 10.2. The number of para-hydroxylation sites is 1. The minimum absolute atomic E-state index is 0.134. The van der Waals surface area contributed by atoms with Crippen molar-refractivity contribution in [2.75, 3.05) is 13.7 Å². The van der Waals surface area contributed by atoms with E-state index < -0.39 is 11.7 Å². The molecule has 1 aromatic heterocycles. The predicted molar refractivity (Wildman–Crippen MR) is 96.2 cm³/mol. The van der Waals surface area contributed by atoms with Gasteiger partial charge in [0.1, 0.15) is 18.1 Å². The first kappa shape index (κ1) is 17.5. The number of esters is 1. The number of methoxy groups -OCH3 is 1. The van der Waals surface area contributed by atoms with Crippen LogP contribution in [0.15, 0.2) is 73.3 Å². The molecule has 134 valence electrons. The fraction of sp³-hybridized carbons (Fsp3) is 0.200. The van der Waals surface area contributed by atoms with Crippen molar-refractivity contribution in [2.24, 2.45) is 0 Å². The lowest BCUT2D eigenvalue weighted by Crippen LogP contribution is -2.40. The summed E-state index contributed by atoms with van der Waals surface area (Å²) in [6.07, 6.45) is 4.95. The molecule has 0 fully saturated rings. The van der Waals surface area contributed by atoms with E-state index in [0.717, 1.165) is 0 Å². The number of hydrogen-bond donors (Lipinski definition) is 0. The van der Waals surface area contributed by atoms with Crippen LogP contribution < -0.4 is 9.47 Å². The summed E-state index contributed by atoms with van der Waals surface area (Å²) in [4.78, 5) is 16.7. The molecule has 6 heteroatoms. The van der Waals surface area contributed by atoms with Crippen LogP contribution in [0.2, 0.25) is 0 Å². The Morgan fingerprint density at radius 1 is 1.08 bits per heavy atom. The summed E-state index contributed by atoms with van der Waals surface area (Å²) in [5.41, 5.74) is -0.625. The lowest BCUT2D eigenvalue weighted by Gasteiger charge is -2.30. The maximum atomic E-state index is 12.6. The first-order valence-corrected chi connectivity index (χ1v) is 8.14. The zero-order valence-corrected chi connectivity index (χ0v) is 14.7. The molecule has 0 bridgehead atoms. The minimum Gasteiger partial charge on any atom is -0.497 e. The molecule has 3 rings (SSSR count). The molecule has 0 aliphatic rings. The third-order valence-electron chi connectivity index (χ3n) is 3.94. The van der Waals surface area contributed by atoms with Crippen LogP contribution in [0.1, 0.15) is 17.3 Å². The van der Waals surface area contributed by atoms with Crippen molar-refractivity contribution < 1.29 is 19.0 Å². The minimum atomic E-state index is -1.05. The lowest BCUT2D eigenvalue weighted by molar-refractivity contribution is -0.0794. The smallest absolute Gasteiger partial charge is 0.340 e. The van der Waals surface area contributed by atoms with Crippen molar-refractivity contribution in [3.05, 3.63) is 78.9 Å². The average molecular weight is 352 g/mol. The Morgan fingerprint density at radius 2 is 1.81 bits per heavy atom. The summed E-state index contributed by atoms with van der Waals surface area (Å²) in [7, 11) is 1.57. The zero-order valence-electron chi connectivity index (χ0n) is 14.7. The normalized spacial score (nSPS) is 12.8. The van der Waals surface area contributed by atoms with E-state index in [9.17, 15) is 4.79 Å². The highest BCUT2D eigenvalue weighted by Crippen LogP contribution is 2.23. The van der Waals surface area contributed by atoms with Gasteiger partial charge in [0, 0.05) is 12.4 Å². The summed E-state index contributed by atoms with van der Waals surface area (Å²) < 4.78 is 18.4. The third-order valence-corrected chi connectivity index (χ3v) is 3.94. The molecule has 1 atom stereocenters. The fourth-order valence-corrected chi connectivity index (χ4v) is 2.42. The summed E-state index contributed by atoms with van der Waals surface area (Å²) in [5, 5.41) is 0. The van der Waals surface area contributed by atoms with Gasteiger partial charge in [0.05, 0.1) is 19.0 Å². The molecule has 2 aromatic carbocycles. The van der Waals surface area contributed by atoms with E-state index in [1.165, 1.54) is 0 Å². The molecule has 0 amide bonds. The Hall–Kier alpha value is -3.28. The number of nitrogens with zero attached hydrogens (tertiary/aromatic N) is 2. The van der Waals surface area contributed by atoms with E-state index in [-0.39, 0.29) is 6.61 Å². The van der Waals surface area contributed by atoms with E-state index in [0.29, 0.717) is 17.1 Å². The van der Waals surface area contributed by atoms with Gasteiger partial charge < -0.3 is 14.2 Å². The molecular weight excluding hydrogens is 332 g/mol. The van der Waals surface area contributed by atoms with Crippen LogP contribution in [-0.2, 0) is 10.5 Å². The molecule has 6 nitrogen and oxygen atoms in total. The van der Waals surface area contributed by atoms with Gasteiger partial charge in [0.2, 0.25) is 5.72 Å². The summed E-state index contributed by atoms with van der Waals surface area (Å²) in [5.74, 6) is 0.909. The number of rotatable bonds is 7. The molecule has 26 heavy (non-hydrogen) atoms. The van der Waals surface area contributed by atoms with Gasteiger partial charge in [-0.25, -0.2) is 9.78 Å². The van der Waals surface area contributed by atoms with Crippen molar-refractivity contribution >= 4 is 5.97 Å². The second-order valence-electron chi connectivity index (χ2n) is 5.86. The van der Waals surface area contributed by atoms with Crippen LogP contribution in [0.25, 0.3) is 0 Å². The van der Waals surface area contributed by atoms with Crippen LogP contribution in [0.4, 0.5) is 0 Å². The summed E-state index contributed by atoms with van der Waals surface area (Å²) in [6, 6.07) is 16.1. The number of ether oxygens (including phenoxy) is 3. The number of aromatic nitrogens is 2. The predicted octanol–water partition coefficient (Wildman–Crippen LogP) is 3.50. The topological polar surface area (TPSA) is 62.6 Å². The zero-order chi connectivity index (χ0) is 18.4. The highest BCUT2D eigenvalue weighted by molar-refractivity contribution is 5.89. The Balaban J connectivity index is 1.78. The van der Waals surface area contributed by atoms with Gasteiger partial charge in [-0.15, -0.1) is 0 Å². The molecule has 0 spiro atoms. The average Bonchev–Trinajstić information content (AvgIpc) is 3.23. The van der Waals surface area contributed by atoms with E-state index in [1.54, 1.807) is 61.6 Å². The van der Waals surface area contributed by atoms with Crippen molar-refractivity contribution in [2.45, 2.75) is 12.6 Å². The SMILES string of the molecule is COc1ccc(C(=O)O[C@](C)(COc2ccccc2)n2ccnc2)cc1. The molecule has 1 heterocycles. The highest BCUT2D eigenvalue weighted by atomic mass is 16.6. The van der Waals surface area contributed by atoms with Crippen LogP contribution in [0.3, 0.4) is 0 Å². The van der Waals surface area contributed by atoms with Gasteiger partial charge in [-0.2, -0.15) is 0 Å². The van der Waals surface area contributed by atoms with Crippen LogP contribution >= 0.6 is 0 Å². The van der Waals surface area contributed by atoms with E-state index >= 15 is 0 Å². The Bertz CT molecular complexity index is 832. The maximum absolute atomic E-state index is 12.6. The Kier molecular flexibility index (Phi) is 5.22. The Morgan fingerprint density at radius 3 is 2.42 bits per heavy atom. The van der Waals surface area contributed by atoms with Gasteiger partial charge in [-0.05, 0) is 43.3 Å². The van der Waals surface area contributed by atoms with Gasteiger partial charge in [-0.3, -0.25) is 4.57 Å². The van der Waals surface area contributed by atoms with Crippen molar-refractivity contribution in [1.82, 2.24) is 9.55 Å². The summed E-state index contributed by atoms with van der Waals surface area (Å²) in [6.45, 7) is 1.91. The first-order chi connectivity index (χ1) is 12.6. The number of carbonyl (C=O) groups is 1. The molecule has 0 saturated heterocycles. The van der Waals surface area contributed by atoms with Crippen LogP contribution in [-0.4, -0.2) is 29.2 Å². The number of benzene rings is 2. The van der Waals surface area contributed by atoms with Gasteiger partial charge in [0.25, 0.3) is 0 Å². The van der Waals surface area contributed by atoms with Gasteiger partial charge >= 0.3 is 5.97 Å². The molecular formula is C20H20N2O4. The van der Waals surface area contributed by atoms with Gasteiger partial charge in [0.15, 0.2) is 0 Å². The van der Waals surface area contributed by atoms with Crippen molar-refractivity contribution in [3.8, 4) is 11.5 Å². The maximum Gasteiger partial charge on any atom is 0.340 e. The van der Waals surface area contributed by atoms with Crippen molar-refractivity contribution in [3.63, 3.8) is 0 Å². The second kappa shape index (κ2) is 7.74. The van der Waals surface area contributed by atoms with Gasteiger partial charge in [-0.1, -0.05) is 18.2 Å². The molecule has 0 aliphatic carbocycles. The summed E-state index contributed by atoms with van der Waals surface area (Å²) >= 11 is 0. The molecule has 0 aliphatic heterocycles. The molecule has 3 aromatic rings. The van der Waals surface area contributed by atoms with Crippen LogP contribution in [0, 0.1) is 0 Å². The molecule has 0 radical (unpaired) electrons. The molecule has 0 unspecified atom stereocenters. The van der Waals surface area contributed by atoms with E-state index in [4.69, 9.17) is 14.2 Å². The largest absolute Gasteiger partial charge is 0.497 e.